The highest BCUT2D eigenvalue weighted by Crippen LogP contribution is 2.15. The van der Waals surface area contributed by atoms with Gasteiger partial charge in [0.2, 0.25) is 0 Å². The lowest BCUT2D eigenvalue weighted by molar-refractivity contribution is 0.175. The first-order valence-corrected chi connectivity index (χ1v) is 7.36. The normalized spacial score (nSPS) is 12.3. The molecular formula is C15H19NO2S. The minimum absolute atomic E-state index is 0.436. The highest BCUT2D eigenvalue weighted by Gasteiger charge is 2.06. The van der Waals surface area contributed by atoms with Gasteiger partial charge in [0.15, 0.2) is 0 Å². The Labute approximate surface area is 117 Å². The van der Waals surface area contributed by atoms with Crippen LogP contribution in [0.25, 0.3) is 0 Å². The second-order valence-corrected chi connectivity index (χ2v) is 5.06. The third-order valence-corrected chi connectivity index (χ3v) is 3.53. The van der Waals surface area contributed by atoms with E-state index in [1.807, 2.05) is 48.0 Å². The van der Waals surface area contributed by atoms with Crippen LogP contribution in [0.3, 0.4) is 0 Å². The molecule has 1 unspecified atom stereocenters. The minimum Gasteiger partial charge on any atom is -0.494 e. The molecular weight excluding hydrogens is 258 g/mol. The van der Waals surface area contributed by atoms with E-state index < -0.39 is 6.10 Å². The summed E-state index contributed by atoms with van der Waals surface area (Å²) in [5, 5.41) is 17.1. The Kier molecular flexibility index (Phi) is 5.39. The van der Waals surface area contributed by atoms with Crippen LogP contribution in [0.5, 0.6) is 5.75 Å². The summed E-state index contributed by atoms with van der Waals surface area (Å²) in [7, 11) is 0. The maximum atomic E-state index is 9.93. The van der Waals surface area contributed by atoms with E-state index in [4.69, 9.17) is 4.74 Å². The molecule has 0 radical (unpaired) electrons. The van der Waals surface area contributed by atoms with Gasteiger partial charge in [-0.3, -0.25) is 0 Å². The van der Waals surface area contributed by atoms with Crippen molar-refractivity contribution in [2.24, 2.45) is 0 Å². The number of thiophene rings is 1. The summed E-state index contributed by atoms with van der Waals surface area (Å²) >= 11 is 1.60. The average molecular weight is 277 g/mol. The van der Waals surface area contributed by atoms with Crippen LogP contribution in [-0.4, -0.2) is 18.3 Å². The molecule has 0 fully saturated rings. The molecule has 0 spiro atoms. The smallest absolute Gasteiger partial charge is 0.119 e. The highest BCUT2D eigenvalue weighted by molar-refractivity contribution is 7.07. The second kappa shape index (κ2) is 7.28. The predicted molar refractivity (Wildman–Crippen MR) is 78.6 cm³/mol. The van der Waals surface area contributed by atoms with Gasteiger partial charge in [0.25, 0.3) is 0 Å². The first-order chi connectivity index (χ1) is 9.29. The molecule has 1 atom stereocenters. The molecule has 3 nitrogen and oxygen atoms in total. The van der Waals surface area contributed by atoms with Gasteiger partial charge in [0, 0.05) is 13.1 Å². The van der Waals surface area contributed by atoms with Crippen LogP contribution < -0.4 is 10.1 Å². The van der Waals surface area contributed by atoms with Crippen molar-refractivity contribution < 1.29 is 9.84 Å². The Bertz CT molecular complexity index is 467. The molecule has 0 aliphatic heterocycles. The largest absolute Gasteiger partial charge is 0.494 e. The lowest BCUT2D eigenvalue weighted by atomic mass is 10.2. The Morgan fingerprint density at radius 2 is 2.05 bits per heavy atom. The van der Waals surface area contributed by atoms with Gasteiger partial charge in [-0.15, -0.1) is 0 Å². The maximum Gasteiger partial charge on any atom is 0.119 e. The molecule has 0 saturated carbocycles. The topological polar surface area (TPSA) is 41.5 Å². The van der Waals surface area contributed by atoms with E-state index in [0.717, 1.165) is 17.9 Å². The van der Waals surface area contributed by atoms with Gasteiger partial charge in [0.05, 0.1) is 12.7 Å². The third-order valence-electron chi connectivity index (χ3n) is 2.83. The summed E-state index contributed by atoms with van der Waals surface area (Å²) in [6.07, 6.45) is -0.436. The van der Waals surface area contributed by atoms with Crippen LogP contribution in [0.1, 0.15) is 24.2 Å². The summed E-state index contributed by atoms with van der Waals surface area (Å²) in [5.41, 5.74) is 2.16. The van der Waals surface area contributed by atoms with Gasteiger partial charge < -0.3 is 15.2 Å². The van der Waals surface area contributed by atoms with Crippen molar-refractivity contribution in [1.29, 1.82) is 0 Å². The standard InChI is InChI=1S/C15H19NO2S/c1-2-18-14-5-3-12(4-6-14)9-16-10-15(17)13-7-8-19-11-13/h3-8,11,15-17H,2,9-10H2,1H3. The number of benzene rings is 1. The van der Waals surface area contributed by atoms with E-state index in [1.54, 1.807) is 11.3 Å². The third kappa shape index (κ3) is 4.35. The van der Waals surface area contributed by atoms with Crippen LogP contribution in [0.4, 0.5) is 0 Å². The van der Waals surface area contributed by atoms with Crippen molar-refractivity contribution >= 4 is 11.3 Å². The Morgan fingerprint density at radius 3 is 2.68 bits per heavy atom. The molecule has 0 amide bonds. The number of aliphatic hydroxyl groups excluding tert-OH is 1. The highest BCUT2D eigenvalue weighted by atomic mass is 32.1. The van der Waals surface area contributed by atoms with E-state index in [2.05, 4.69) is 5.32 Å². The van der Waals surface area contributed by atoms with Crippen LogP contribution in [0.15, 0.2) is 41.1 Å². The molecule has 102 valence electrons. The summed E-state index contributed by atoms with van der Waals surface area (Å²) in [5.74, 6) is 0.893. The quantitative estimate of drug-likeness (QED) is 0.817. The summed E-state index contributed by atoms with van der Waals surface area (Å²) < 4.78 is 5.39. The van der Waals surface area contributed by atoms with Gasteiger partial charge in [-0.05, 0) is 47.0 Å². The van der Waals surface area contributed by atoms with Gasteiger partial charge in [-0.1, -0.05) is 12.1 Å². The van der Waals surface area contributed by atoms with Gasteiger partial charge in [0.1, 0.15) is 5.75 Å². The molecule has 0 aliphatic carbocycles. The van der Waals surface area contributed by atoms with Crippen LogP contribution >= 0.6 is 11.3 Å². The molecule has 2 rings (SSSR count). The lowest BCUT2D eigenvalue weighted by Crippen LogP contribution is -2.20. The number of rotatable bonds is 7. The minimum atomic E-state index is -0.436. The van der Waals surface area contributed by atoms with Crippen LogP contribution in [0, 0.1) is 0 Å². The zero-order valence-electron chi connectivity index (χ0n) is 11.0. The van der Waals surface area contributed by atoms with Crippen molar-refractivity contribution in [3.8, 4) is 5.75 Å². The molecule has 4 heteroatoms. The van der Waals surface area contributed by atoms with E-state index in [0.29, 0.717) is 13.2 Å². The molecule has 1 heterocycles. The molecule has 1 aromatic heterocycles. The maximum absolute atomic E-state index is 9.93. The van der Waals surface area contributed by atoms with Crippen molar-refractivity contribution in [1.82, 2.24) is 5.32 Å². The van der Waals surface area contributed by atoms with E-state index in [1.165, 1.54) is 5.56 Å². The first-order valence-electron chi connectivity index (χ1n) is 6.42. The van der Waals surface area contributed by atoms with Gasteiger partial charge in [-0.2, -0.15) is 11.3 Å². The molecule has 19 heavy (non-hydrogen) atoms. The number of hydrogen-bond acceptors (Lipinski definition) is 4. The van der Waals surface area contributed by atoms with Crippen molar-refractivity contribution in [2.75, 3.05) is 13.2 Å². The number of aliphatic hydroxyl groups is 1. The Balaban J connectivity index is 1.76. The van der Waals surface area contributed by atoms with Crippen LogP contribution in [0.2, 0.25) is 0 Å². The summed E-state index contributed by atoms with van der Waals surface area (Å²) in [6, 6.07) is 9.96. The van der Waals surface area contributed by atoms with Crippen molar-refractivity contribution in [3.05, 3.63) is 52.2 Å². The molecule has 2 N–H and O–H groups in total. The zero-order chi connectivity index (χ0) is 13.5. The van der Waals surface area contributed by atoms with Crippen LogP contribution in [-0.2, 0) is 6.54 Å². The van der Waals surface area contributed by atoms with Crippen molar-refractivity contribution in [2.45, 2.75) is 19.6 Å². The zero-order valence-corrected chi connectivity index (χ0v) is 11.8. The fraction of sp³-hybridized carbons (Fsp3) is 0.333. The van der Waals surface area contributed by atoms with E-state index in [-0.39, 0.29) is 0 Å². The van der Waals surface area contributed by atoms with Gasteiger partial charge >= 0.3 is 0 Å². The number of nitrogens with one attached hydrogen (secondary N) is 1. The summed E-state index contributed by atoms with van der Waals surface area (Å²) in [4.78, 5) is 0. The number of ether oxygens (including phenoxy) is 1. The molecule has 0 saturated heterocycles. The molecule has 0 aliphatic rings. The average Bonchev–Trinajstić information content (AvgIpc) is 2.95. The lowest BCUT2D eigenvalue weighted by Gasteiger charge is -2.11. The molecule has 2 aromatic rings. The fourth-order valence-corrected chi connectivity index (χ4v) is 2.51. The predicted octanol–water partition coefficient (Wildman–Crippen LogP) is 2.97. The SMILES string of the molecule is CCOc1ccc(CNCC(O)c2ccsc2)cc1. The van der Waals surface area contributed by atoms with Crippen molar-refractivity contribution in [3.63, 3.8) is 0 Å². The molecule has 1 aromatic carbocycles. The van der Waals surface area contributed by atoms with E-state index in [9.17, 15) is 5.11 Å². The van der Waals surface area contributed by atoms with E-state index >= 15 is 0 Å². The second-order valence-electron chi connectivity index (χ2n) is 4.28. The summed E-state index contributed by atoms with van der Waals surface area (Å²) in [6.45, 7) is 3.96. The molecule has 0 bridgehead atoms. The fourth-order valence-electron chi connectivity index (χ4n) is 1.81. The Hall–Kier alpha value is -1.36. The Morgan fingerprint density at radius 1 is 1.26 bits per heavy atom. The first kappa shape index (κ1) is 14.1. The van der Waals surface area contributed by atoms with Gasteiger partial charge in [-0.25, -0.2) is 0 Å². The monoisotopic (exact) mass is 277 g/mol. The number of hydrogen-bond donors (Lipinski definition) is 2.